The summed E-state index contributed by atoms with van der Waals surface area (Å²) in [6, 6.07) is 0. The van der Waals surface area contributed by atoms with Gasteiger partial charge >= 0.3 is 5.97 Å². The molecule has 1 saturated heterocycles. The number of allylic oxidation sites excluding steroid dienone is 1. The van der Waals surface area contributed by atoms with Crippen molar-refractivity contribution in [2.45, 2.75) is 27.7 Å². The largest absolute Gasteiger partial charge is 0.481 e. The second-order valence-corrected chi connectivity index (χ2v) is 5.32. The highest BCUT2D eigenvalue weighted by atomic mass is 16.4. The molecule has 1 rings (SSSR count). The number of rotatable bonds is 3. The van der Waals surface area contributed by atoms with Gasteiger partial charge in [0.15, 0.2) is 0 Å². The summed E-state index contributed by atoms with van der Waals surface area (Å²) in [5, 5.41) is 9.16. The van der Waals surface area contributed by atoms with Gasteiger partial charge in [-0.1, -0.05) is 19.4 Å². The van der Waals surface area contributed by atoms with Crippen LogP contribution in [0.15, 0.2) is 11.6 Å². The number of carbonyl (C=O) groups excluding carboxylic acids is 1. The average Bonchev–Trinajstić information content (AvgIpc) is 2.60. The van der Waals surface area contributed by atoms with E-state index in [0.717, 1.165) is 5.57 Å². The number of amides is 1. The Morgan fingerprint density at radius 2 is 1.88 bits per heavy atom. The molecule has 0 aliphatic carbocycles. The number of nitrogens with zero attached hydrogens (tertiary/aromatic N) is 1. The van der Waals surface area contributed by atoms with Gasteiger partial charge in [0.25, 0.3) is 0 Å². The van der Waals surface area contributed by atoms with Gasteiger partial charge in [-0.05, 0) is 25.7 Å². The molecule has 0 spiro atoms. The van der Waals surface area contributed by atoms with Crippen molar-refractivity contribution in [1.29, 1.82) is 0 Å². The molecule has 0 aromatic carbocycles. The van der Waals surface area contributed by atoms with Gasteiger partial charge in [0.2, 0.25) is 5.91 Å². The summed E-state index contributed by atoms with van der Waals surface area (Å²) < 4.78 is 0. The van der Waals surface area contributed by atoms with Gasteiger partial charge in [-0.25, -0.2) is 0 Å². The maximum atomic E-state index is 11.8. The van der Waals surface area contributed by atoms with Crippen LogP contribution in [-0.4, -0.2) is 35.0 Å². The van der Waals surface area contributed by atoms with E-state index < -0.39 is 11.9 Å². The van der Waals surface area contributed by atoms with Crippen LogP contribution in [0, 0.1) is 17.8 Å². The van der Waals surface area contributed by atoms with Gasteiger partial charge in [-0.3, -0.25) is 9.59 Å². The third-order valence-electron chi connectivity index (χ3n) is 3.26. The Hall–Kier alpha value is -1.32. The zero-order valence-electron chi connectivity index (χ0n) is 10.9. The number of likely N-dealkylation sites (tertiary alicyclic amines) is 1. The number of carboxylic acid groups (broad SMARTS) is 1. The van der Waals surface area contributed by atoms with E-state index in [0.29, 0.717) is 13.1 Å². The van der Waals surface area contributed by atoms with E-state index in [1.165, 1.54) is 0 Å². The minimum atomic E-state index is -0.795. The number of hydrogen-bond acceptors (Lipinski definition) is 2. The molecule has 2 atom stereocenters. The van der Waals surface area contributed by atoms with Crippen LogP contribution in [0.5, 0.6) is 0 Å². The predicted molar refractivity (Wildman–Crippen MR) is 65.5 cm³/mol. The smallest absolute Gasteiger partial charge is 0.308 e. The molecule has 0 radical (unpaired) electrons. The van der Waals surface area contributed by atoms with Crippen molar-refractivity contribution >= 4 is 11.9 Å². The van der Waals surface area contributed by atoms with Crippen LogP contribution in [0.1, 0.15) is 27.7 Å². The zero-order chi connectivity index (χ0) is 13.2. The normalized spacial score (nSPS) is 23.9. The van der Waals surface area contributed by atoms with Crippen LogP contribution in [0.3, 0.4) is 0 Å². The molecular weight excluding hydrogens is 218 g/mol. The van der Waals surface area contributed by atoms with E-state index >= 15 is 0 Å². The zero-order valence-corrected chi connectivity index (χ0v) is 10.9. The van der Waals surface area contributed by atoms with Gasteiger partial charge in [-0.2, -0.15) is 0 Å². The first-order valence-electron chi connectivity index (χ1n) is 5.99. The van der Waals surface area contributed by atoms with Crippen LogP contribution in [0.4, 0.5) is 0 Å². The summed E-state index contributed by atoms with van der Waals surface area (Å²) >= 11 is 0. The first-order valence-corrected chi connectivity index (χ1v) is 5.99. The van der Waals surface area contributed by atoms with Gasteiger partial charge in [0.1, 0.15) is 0 Å². The van der Waals surface area contributed by atoms with Gasteiger partial charge in [-0.15, -0.1) is 0 Å². The summed E-state index contributed by atoms with van der Waals surface area (Å²) in [7, 11) is 0. The van der Waals surface area contributed by atoms with Crippen LogP contribution in [-0.2, 0) is 9.59 Å². The topological polar surface area (TPSA) is 57.6 Å². The van der Waals surface area contributed by atoms with Crippen molar-refractivity contribution in [2.24, 2.45) is 17.8 Å². The molecule has 0 aromatic rings. The molecule has 0 bridgehead atoms. The van der Waals surface area contributed by atoms with Crippen molar-refractivity contribution < 1.29 is 14.7 Å². The third-order valence-corrected chi connectivity index (χ3v) is 3.26. The van der Waals surface area contributed by atoms with E-state index in [2.05, 4.69) is 0 Å². The van der Waals surface area contributed by atoms with Crippen LogP contribution < -0.4 is 0 Å². The Morgan fingerprint density at radius 3 is 2.24 bits per heavy atom. The van der Waals surface area contributed by atoms with Crippen LogP contribution >= 0.6 is 0 Å². The Labute approximate surface area is 102 Å². The van der Waals surface area contributed by atoms with Gasteiger partial charge in [0.05, 0.1) is 5.92 Å². The highest BCUT2D eigenvalue weighted by Crippen LogP contribution is 2.30. The molecule has 0 aromatic heterocycles. The number of hydrogen-bond donors (Lipinski definition) is 1. The van der Waals surface area contributed by atoms with Gasteiger partial charge in [0, 0.05) is 19.2 Å². The fourth-order valence-corrected chi connectivity index (χ4v) is 2.28. The fraction of sp³-hybridized carbons (Fsp3) is 0.692. The molecule has 0 unspecified atom stereocenters. The number of carboxylic acids is 1. The Kier molecular flexibility index (Phi) is 4.32. The van der Waals surface area contributed by atoms with Crippen molar-refractivity contribution in [1.82, 2.24) is 4.90 Å². The third kappa shape index (κ3) is 3.32. The van der Waals surface area contributed by atoms with Crippen LogP contribution in [0.2, 0.25) is 0 Å². The minimum Gasteiger partial charge on any atom is -0.481 e. The van der Waals surface area contributed by atoms with E-state index in [4.69, 9.17) is 5.11 Å². The summed E-state index contributed by atoms with van der Waals surface area (Å²) in [5.41, 5.74) is 0.940. The van der Waals surface area contributed by atoms with E-state index in [9.17, 15) is 9.59 Å². The molecule has 96 valence electrons. The molecular formula is C13H21NO3. The molecule has 1 aliphatic rings. The van der Waals surface area contributed by atoms with E-state index in [1.807, 2.05) is 27.7 Å². The second-order valence-electron chi connectivity index (χ2n) is 5.32. The lowest BCUT2D eigenvalue weighted by Crippen LogP contribution is -2.28. The molecule has 1 N–H and O–H groups in total. The lowest BCUT2D eigenvalue weighted by molar-refractivity contribution is -0.143. The minimum absolute atomic E-state index is 0.0574. The quantitative estimate of drug-likeness (QED) is 0.764. The highest BCUT2D eigenvalue weighted by Gasteiger charge is 2.40. The summed E-state index contributed by atoms with van der Waals surface area (Å²) in [6.07, 6.45) is 1.57. The second kappa shape index (κ2) is 5.34. The van der Waals surface area contributed by atoms with E-state index in [-0.39, 0.29) is 17.7 Å². The van der Waals surface area contributed by atoms with Gasteiger partial charge < -0.3 is 10.0 Å². The molecule has 4 nitrogen and oxygen atoms in total. The maximum absolute atomic E-state index is 11.8. The van der Waals surface area contributed by atoms with Crippen molar-refractivity contribution in [3.8, 4) is 0 Å². The van der Waals surface area contributed by atoms with Crippen molar-refractivity contribution in [3.63, 3.8) is 0 Å². The Balaban J connectivity index is 2.79. The average molecular weight is 239 g/mol. The van der Waals surface area contributed by atoms with Crippen molar-refractivity contribution in [3.05, 3.63) is 11.6 Å². The highest BCUT2D eigenvalue weighted by molar-refractivity contribution is 5.89. The molecule has 17 heavy (non-hydrogen) atoms. The predicted octanol–water partition coefficient (Wildman–Crippen LogP) is 1.77. The molecule has 4 heteroatoms. The molecule has 1 fully saturated rings. The Morgan fingerprint density at radius 1 is 1.29 bits per heavy atom. The number of aliphatic carboxylic acids is 1. The molecule has 1 amide bonds. The standard InChI is InChI=1S/C13H21NO3/c1-8(2)5-12(15)14-6-10(9(3)4)11(7-14)13(16)17/h5,9-11H,6-7H2,1-4H3,(H,16,17)/t10-,11+/m1/s1. The summed E-state index contributed by atoms with van der Waals surface area (Å²) in [6.45, 7) is 8.63. The first-order chi connectivity index (χ1) is 7.82. The summed E-state index contributed by atoms with van der Waals surface area (Å²) in [4.78, 5) is 24.7. The molecule has 0 saturated carbocycles. The molecule has 1 heterocycles. The monoisotopic (exact) mass is 239 g/mol. The summed E-state index contributed by atoms with van der Waals surface area (Å²) in [5.74, 6) is -0.956. The lowest BCUT2D eigenvalue weighted by atomic mass is 9.86. The van der Waals surface area contributed by atoms with Crippen LogP contribution in [0.25, 0.3) is 0 Å². The molecule has 1 aliphatic heterocycles. The number of carbonyl (C=O) groups is 2. The SMILES string of the molecule is CC(C)=CC(=O)N1C[C@H](C(=O)O)[C@@H](C(C)C)C1. The maximum Gasteiger partial charge on any atom is 0.308 e. The lowest BCUT2D eigenvalue weighted by Gasteiger charge is -2.18. The van der Waals surface area contributed by atoms with Crippen molar-refractivity contribution in [2.75, 3.05) is 13.1 Å². The fourth-order valence-electron chi connectivity index (χ4n) is 2.28. The van der Waals surface area contributed by atoms with E-state index in [1.54, 1.807) is 11.0 Å². The Bertz CT molecular complexity index is 343. The first kappa shape index (κ1) is 13.7.